The first-order valence-electron chi connectivity index (χ1n) is 5.48. The lowest BCUT2D eigenvalue weighted by Crippen LogP contribution is -2.37. The molecule has 16 heavy (non-hydrogen) atoms. The predicted molar refractivity (Wildman–Crippen MR) is 59.5 cm³/mol. The van der Waals surface area contributed by atoms with Crippen LogP contribution >= 0.6 is 0 Å². The minimum Gasteiger partial charge on any atom is -0.352 e. The van der Waals surface area contributed by atoms with Crippen molar-refractivity contribution < 1.29 is 9.18 Å². The fraction of sp³-hybridized carbons (Fsp3) is 0.417. The SMILES string of the molecule is O=C(Cc1cccc(F)c1)N[C@H]1CCNC1. The normalized spacial score (nSPS) is 19.7. The Morgan fingerprint density at radius 3 is 3.12 bits per heavy atom. The van der Waals surface area contributed by atoms with Crippen LogP contribution in [0, 0.1) is 5.82 Å². The number of nitrogens with one attached hydrogen (secondary N) is 2. The molecule has 1 atom stereocenters. The monoisotopic (exact) mass is 222 g/mol. The zero-order valence-electron chi connectivity index (χ0n) is 9.00. The molecule has 0 aliphatic carbocycles. The van der Waals surface area contributed by atoms with Crippen molar-refractivity contribution in [2.45, 2.75) is 18.9 Å². The molecule has 0 unspecified atom stereocenters. The molecule has 1 fully saturated rings. The zero-order chi connectivity index (χ0) is 11.4. The van der Waals surface area contributed by atoms with Crippen molar-refractivity contribution in [1.82, 2.24) is 10.6 Å². The molecule has 1 aliphatic heterocycles. The maximum absolute atomic E-state index is 12.9. The quantitative estimate of drug-likeness (QED) is 0.796. The zero-order valence-corrected chi connectivity index (χ0v) is 9.00. The highest BCUT2D eigenvalue weighted by Gasteiger charge is 2.16. The number of carbonyl (C=O) groups is 1. The van der Waals surface area contributed by atoms with E-state index in [1.165, 1.54) is 12.1 Å². The highest BCUT2D eigenvalue weighted by Crippen LogP contribution is 2.05. The van der Waals surface area contributed by atoms with Gasteiger partial charge in [-0.15, -0.1) is 0 Å². The second-order valence-corrected chi connectivity index (χ2v) is 4.06. The van der Waals surface area contributed by atoms with Gasteiger partial charge in [0.2, 0.25) is 5.91 Å². The van der Waals surface area contributed by atoms with Crippen LogP contribution in [0.4, 0.5) is 4.39 Å². The molecular weight excluding hydrogens is 207 g/mol. The Balaban J connectivity index is 1.86. The van der Waals surface area contributed by atoms with Crippen molar-refractivity contribution in [3.8, 4) is 0 Å². The molecule has 1 aromatic rings. The van der Waals surface area contributed by atoms with Gasteiger partial charge in [0.05, 0.1) is 6.42 Å². The first kappa shape index (κ1) is 11.1. The van der Waals surface area contributed by atoms with E-state index in [4.69, 9.17) is 0 Å². The molecule has 0 radical (unpaired) electrons. The van der Waals surface area contributed by atoms with E-state index in [0.29, 0.717) is 5.56 Å². The van der Waals surface area contributed by atoms with Crippen LogP contribution in [0.1, 0.15) is 12.0 Å². The molecule has 2 N–H and O–H groups in total. The molecule has 0 saturated carbocycles. The number of hydrogen-bond donors (Lipinski definition) is 2. The number of carbonyl (C=O) groups excluding carboxylic acids is 1. The summed E-state index contributed by atoms with van der Waals surface area (Å²) >= 11 is 0. The fourth-order valence-corrected chi connectivity index (χ4v) is 1.89. The summed E-state index contributed by atoms with van der Waals surface area (Å²) in [5, 5.41) is 6.10. The molecule has 1 heterocycles. The average molecular weight is 222 g/mol. The summed E-state index contributed by atoms with van der Waals surface area (Å²) in [7, 11) is 0. The minimum atomic E-state index is -0.298. The molecule has 86 valence electrons. The highest BCUT2D eigenvalue weighted by molar-refractivity contribution is 5.78. The molecule has 4 heteroatoms. The third-order valence-corrected chi connectivity index (χ3v) is 2.68. The van der Waals surface area contributed by atoms with E-state index in [9.17, 15) is 9.18 Å². The lowest BCUT2D eigenvalue weighted by molar-refractivity contribution is -0.121. The van der Waals surface area contributed by atoms with E-state index in [2.05, 4.69) is 10.6 Å². The summed E-state index contributed by atoms with van der Waals surface area (Å²) in [5.41, 5.74) is 0.712. The van der Waals surface area contributed by atoms with Crippen molar-refractivity contribution in [1.29, 1.82) is 0 Å². The van der Waals surface area contributed by atoms with Gasteiger partial charge in [-0.25, -0.2) is 4.39 Å². The molecule has 1 amide bonds. The highest BCUT2D eigenvalue weighted by atomic mass is 19.1. The van der Waals surface area contributed by atoms with Crippen LogP contribution in [0.15, 0.2) is 24.3 Å². The topological polar surface area (TPSA) is 41.1 Å². The standard InChI is InChI=1S/C12H15FN2O/c13-10-3-1-2-9(6-10)7-12(16)15-11-4-5-14-8-11/h1-3,6,11,14H,4-5,7-8H2,(H,15,16)/t11-/m0/s1. The van der Waals surface area contributed by atoms with Gasteiger partial charge >= 0.3 is 0 Å². The van der Waals surface area contributed by atoms with Crippen molar-refractivity contribution in [3.05, 3.63) is 35.6 Å². The van der Waals surface area contributed by atoms with E-state index >= 15 is 0 Å². The first-order valence-corrected chi connectivity index (χ1v) is 5.48. The fourth-order valence-electron chi connectivity index (χ4n) is 1.89. The molecule has 1 aliphatic rings. The largest absolute Gasteiger partial charge is 0.352 e. The van der Waals surface area contributed by atoms with Crippen molar-refractivity contribution >= 4 is 5.91 Å². The first-order chi connectivity index (χ1) is 7.74. The maximum atomic E-state index is 12.9. The van der Waals surface area contributed by atoms with Gasteiger partial charge in [0.25, 0.3) is 0 Å². The Morgan fingerprint density at radius 1 is 1.56 bits per heavy atom. The number of hydrogen-bond acceptors (Lipinski definition) is 2. The van der Waals surface area contributed by atoms with Crippen molar-refractivity contribution in [2.75, 3.05) is 13.1 Å². The maximum Gasteiger partial charge on any atom is 0.224 e. The second-order valence-electron chi connectivity index (χ2n) is 4.06. The van der Waals surface area contributed by atoms with Gasteiger partial charge < -0.3 is 10.6 Å². The molecule has 1 aromatic carbocycles. The van der Waals surface area contributed by atoms with Gasteiger partial charge in [-0.05, 0) is 30.7 Å². The van der Waals surface area contributed by atoms with Crippen LogP contribution in [0.2, 0.25) is 0 Å². The Bertz CT molecular complexity index is 375. The minimum absolute atomic E-state index is 0.0423. The Hall–Kier alpha value is -1.42. The van der Waals surface area contributed by atoms with Gasteiger partial charge in [0.15, 0.2) is 0 Å². The lowest BCUT2D eigenvalue weighted by atomic mass is 10.1. The van der Waals surface area contributed by atoms with Gasteiger partial charge in [0, 0.05) is 12.6 Å². The number of halogens is 1. The van der Waals surface area contributed by atoms with Crippen molar-refractivity contribution in [2.24, 2.45) is 0 Å². The summed E-state index contributed by atoms with van der Waals surface area (Å²) < 4.78 is 12.9. The summed E-state index contributed by atoms with van der Waals surface area (Å²) in [4.78, 5) is 11.6. The smallest absolute Gasteiger partial charge is 0.224 e. The van der Waals surface area contributed by atoms with Gasteiger partial charge in [-0.2, -0.15) is 0 Å². The molecule has 3 nitrogen and oxygen atoms in total. The van der Waals surface area contributed by atoms with Crippen LogP contribution in [-0.2, 0) is 11.2 Å². The van der Waals surface area contributed by atoms with E-state index < -0.39 is 0 Å². The van der Waals surface area contributed by atoms with Crippen LogP contribution in [0.25, 0.3) is 0 Å². The Kier molecular flexibility index (Phi) is 3.51. The third-order valence-electron chi connectivity index (χ3n) is 2.68. The molecular formula is C12H15FN2O. The lowest BCUT2D eigenvalue weighted by Gasteiger charge is -2.11. The van der Waals surface area contributed by atoms with E-state index in [-0.39, 0.29) is 24.2 Å². The third kappa shape index (κ3) is 3.03. The Labute approximate surface area is 94.0 Å². The second kappa shape index (κ2) is 5.07. The molecule has 0 spiro atoms. The molecule has 2 rings (SSSR count). The van der Waals surface area contributed by atoms with Gasteiger partial charge in [0.1, 0.15) is 5.82 Å². The van der Waals surface area contributed by atoms with Crippen LogP contribution in [-0.4, -0.2) is 25.0 Å². The molecule has 0 bridgehead atoms. The summed E-state index contributed by atoms with van der Waals surface area (Å²) in [6.07, 6.45) is 1.21. The van der Waals surface area contributed by atoms with Crippen molar-refractivity contribution in [3.63, 3.8) is 0 Å². The number of amides is 1. The van der Waals surface area contributed by atoms with Gasteiger partial charge in [-0.3, -0.25) is 4.79 Å². The molecule has 0 aromatic heterocycles. The van der Waals surface area contributed by atoms with E-state index in [0.717, 1.165) is 19.5 Å². The summed E-state index contributed by atoms with van der Waals surface area (Å²) in [6, 6.07) is 6.38. The predicted octanol–water partition coefficient (Wildman–Crippen LogP) is 0.846. The van der Waals surface area contributed by atoms with Gasteiger partial charge in [-0.1, -0.05) is 12.1 Å². The van der Waals surface area contributed by atoms with Crippen LogP contribution in [0.5, 0.6) is 0 Å². The number of benzene rings is 1. The summed E-state index contributed by atoms with van der Waals surface area (Å²) in [6.45, 7) is 1.78. The average Bonchev–Trinajstić information content (AvgIpc) is 2.70. The summed E-state index contributed by atoms with van der Waals surface area (Å²) in [5.74, 6) is -0.341. The molecule has 1 saturated heterocycles. The van der Waals surface area contributed by atoms with E-state index in [1.807, 2.05) is 0 Å². The van der Waals surface area contributed by atoms with E-state index in [1.54, 1.807) is 12.1 Å². The van der Waals surface area contributed by atoms with Crippen LogP contribution in [0.3, 0.4) is 0 Å². The van der Waals surface area contributed by atoms with Crippen LogP contribution < -0.4 is 10.6 Å². The Morgan fingerprint density at radius 2 is 2.44 bits per heavy atom. The number of rotatable bonds is 3.